The van der Waals surface area contributed by atoms with Crippen LogP contribution in [-0.4, -0.2) is 23.6 Å². The minimum absolute atomic E-state index is 0.122. The van der Waals surface area contributed by atoms with Crippen molar-refractivity contribution < 1.29 is 19.4 Å². The Balaban J connectivity index is 1.64. The number of aromatic hydroxyl groups is 1. The fourth-order valence-electron chi connectivity index (χ4n) is 2.82. The van der Waals surface area contributed by atoms with Crippen LogP contribution in [0.25, 0.3) is 0 Å². The molecule has 3 aromatic rings. The zero-order valence-corrected chi connectivity index (χ0v) is 16.6. The quantitative estimate of drug-likeness (QED) is 0.435. The molecule has 30 heavy (non-hydrogen) atoms. The van der Waals surface area contributed by atoms with Crippen LogP contribution >= 0.6 is 0 Å². The highest BCUT2D eigenvalue weighted by Crippen LogP contribution is 2.24. The van der Waals surface area contributed by atoms with Crippen LogP contribution in [-0.2, 0) is 9.53 Å². The Morgan fingerprint density at radius 1 is 0.933 bits per heavy atom. The van der Waals surface area contributed by atoms with E-state index in [1.54, 1.807) is 36.4 Å². The molecule has 7 heteroatoms. The summed E-state index contributed by atoms with van der Waals surface area (Å²) < 4.78 is 5.15. The van der Waals surface area contributed by atoms with Crippen LogP contribution in [0.1, 0.15) is 21.5 Å². The van der Waals surface area contributed by atoms with Gasteiger partial charge < -0.3 is 15.2 Å². The molecule has 0 saturated carbocycles. The summed E-state index contributed by atoms with van der Waals surface area (Å²) in [5.74, 6) is -0.987. The van der Waals surface area contributed by atoms with E-state index < -0.39 is 18.5 Å². The van der Waals surface area contributed by atoms with Crippen molar-refractivity contribution in [3.05, 3.63) is 83.4 Å². The van der Waals surface area contributed by atoms with Gasteiger partial charge >= 0.3 is 5.97 Å². The Kier molecular flexibility index (Phi) is 6.54. The lowest BCUT2D eigenvalue weighted by molar-refractivity contribution is -0.119. The number of carbonyl (C=O) groups is 2. The van der Waals surface area contributed by atoms with Crippen molar-refractivity contribution in [2.45, 2.75) is 13.8 Å². The number of nitrogens with zero attached hydrogens (tertiary/aromatic N) is 2. The predicted octanol–water partition coefficient (Wildman–Crippen LogP) is 5.22. The van der Waals surface area contributed by atoms with Gasteiger partial charge in [0, 0.05) is 5.69 Å². The fraction of sp³-hybridized carbons (Fsp3) is 0.130. The zero-order chi connectivity index (χ0) is 21.5. The van der Waals surface area contributed by atoms with Crippen molar-refractivity contribution in [3.8, 4) is 5.75 Å². The topological polar surface area (TPSA) is 100 Å². The molecule has 0 spiro atoms. The van der Waals surface area contributed by atoms with Crippen LogP contribution in [0.2, 0.25) is 0 Å². The lowest BCUT2D eigenvalue weighted by atomic mass is 10.1. The number of phenols is 1. The monoisotopic (exact) mass is 403 g/mol. The van der Waals surface area contributed by atoms with Crippen LogP contribution in [0.5, 0.6) is 5.75 Å². The first-order valence-electron chi connectivity index (χ1n) is 9.26. The molecular weight excluding hydrogens is 382 g/mol. The van der Waals surface area contributed by atoms with Gasteiger partial charge in [0.25, 0.3) is 5.91 Å². The maximum atomic E-state index is 12.4. The third-order valence-corrected chi connectivity index (χ3v) is 4.09. The Morgan fingerprint density at radius 3 is 2.30 bits per heavy atom. The van der Waals surface area contributed by atoms with E-state index in [0.29, 0.717) is 17.1 Å². The number of nitrogens with one attached hydrogen (secondary N) is 1. The molecule has 7 nitrogen and oxygen atoms in total. The van der Waals surface area contributed by atoms with E-state index in [9.17, 15) is 14.7 Å². The molecule has 0 saturated heterocycles. The molecule has 0 aromatic heterocycles. The third-order valence-electron chi connectivity index (χ3n) is 4.09. The van der Waals surface area contributed by atoms with Crippen molar-refractivity contribution in [2.75, 3.05) is 11.9 Å². The van der Waals surface area contributed by atoms with Crippen molar-refractivity contribution in [2.24, 2.45) is 10.2 Å². The van der Waals surface area contributed by atoms with E-state index in [-0.39, 0.29) is 11.3 Å². The number of carbonyl (C=O) groups excluding carboxylic acids is 2. The van der Waals surface area contributed by atoms with Gasteiger partial charge in [-0.25, -0.2) is 4.79 Å². The van der Waals surface area contributed by atoms with E-state index in [2.05, 4.69) is 15.5 Å². The predicted molar refractivity (Wildman–Crippen MR) is 114 cm³/mol. The average Bonchev–Trinajstić information content (AvgIpc) is 2.71. The van der Waals surface area contributed by atoms with Gasteiger partial charge in [-0.15, -0.1) is 5.11 Å². The number of esters is 1. The van der Waals surface area contributed by atoms with Crippen LogP contribution in [0.4, 0.5) is 17.1 Å². The first-order valence-corrected chi connectivity index (χ1v) is 9.26. The molecule has 0 bridgehead atoms. The number of benzene rings is 3. The molecule has 3 rings (SSSR count). The summed E-state index contributed by atoms with van der Waals surface area (Å²) in [5.41, 5.74) is 3.72. The average molecular weight is 403 g/mol. The molecule has 2 N–H and O–H groups in total. The van der Waals surface area contributed by atoms with Crippen LogP contribution in [0, 0.1) is 13.8 Å². The number of amides is 1. The van der Waals surface area contributed by atoms with Crippen molar-refractivity contribution in [1.29, 1.82) is 0 Å². The Bertz CT molecular complexity index is 1070. The molecule has 0 aliphatic rings. The molecule has 0 atom stereocenters. The lowest BCUT2D eigenvalue weighted by Gasteiger charge is -2.09. The number of aryl methyl sites for hydroxylation is 2. The van der Waals surface area contributed by atoms with Crippen molar-refractivity contribution in [3.63, 3.8) is 0 Å². The summed E-state index contributed by atoms with van der Waals surface area (Å²) in [6.07, 6.45) is 0. The van der Waals surface area contributed by atoms with Gasteiger partial charge in [-0.2, -0.15) is 5.11 Å². The first kappa shape index (κ1) is 20.7. The number of rotatable bonds is 6. The maximum Gasteiger partial charge on any atom is 0.340 e. The van der Waals surface area contributed by atoms with Gasteiger partial charge in [-0.05, 0) is 73.5 Å². The standard InChI is InChI=1S/C23H21N3O4/c1-15-11-16(2)13-18(12-15)24-22(28)14-30-23(29)20-5-3-4-6-21(20)26-25-17-7-9-19(27)10-8-17/h3-13,27H,14H2,1-2H3,(H,24,28). The number of phenolic OH excluding ortho intramolecular Hbond substituents is 1. The molecular formula is C23H21N3O4. The summed E-state index contributed by atoms with van der Waals surface area (Å²) >= 11 is 0. The highest BCUT2D eigenvalue weighted by atomic mass is 16.5. The molecule has 152 valence electrons. The molecule has 0 fully saturated rings. The molecule has 0 heterocycles. The van der Waals surface area contributed by atoms with Crippen molar-refractivity contribution in [1.82, 2.24) is 0 Å². The Labute approximate surface area is 174 Å². The molecule has 0 unspecified atom stereocenters. The summed E-state index contributed by atoms with van der Waals surface area (Å²) in [6.45, 7) is 3.45. The van der Waals surface area contributed by atoms with E-state index in [0.717, 1.165) is 11.1 Å². The minimum Gasteiger partial charge on any atom is -0.508 e. The Hall–Kier alpha value is -4.00. The number of azo groups is 1. The molecule has 3 aromatic carbocycles. The van der Waals surface area contributed by atoms with Crippen LogP contribution in [0.3, 0.4) is 0 Å². The molecule has 1 amide bonds. The van der Waals surface area contributed by atoms with E-state index in [1.165, 1.54) is 12.1 Å². The summed E-state index contributed by atoms with van der Waals surface area (Å²) in [5, 5.41) is 20.2. The second-order valence-electron chi connectivity index (χ2n) is 6.73. The largest absolute Gasteiger partial charge is 0.508 e. The van der Waals surface area contributed by atoms with Crippen molar-refractivity contribution >= 4 is 28.9 Å². The van der Waals surface area contributed by atoms with E-state index in [1.807, 2.05) is 32.0 Å². The van der Waals surface area contributed by atoms with Gasteiger partial charge in [-0.1, -0.05) is 18.2 Å². The SMILES string of the molecule is Cc1cc(C)cc(NC(=O)COC(=O)c2ccccc2N=Nc2ccc(O)cc2)c1. The number of hydrogen-bond acceptors (Lipinski definition) is 6. The van der Waals surface area contributed by atoms with Gasteiger partial charge in [0.05, 0.1) is 11.3 Å². The molecule has 0 aliphatic heterocycles. The Morgan fingerprint density at radius 2 is 1.60 bits per heavy atom. The fourth-order valence-corrected chi connectivity index (χ4v) is 2.82. The number of ether oxygens (including phenoxy) is 1. The molecule has 0 aliphatic carbocycles. The van der Waals surface area contributed by atoms with Gasteiger partial charge in [0.15, 0.2) is 6.61 Å². The number of anilines is 1. The smallest absolute Gasteiger partial charge is 0.340 e. The van der Waals surface area contributed by atoms with Crippen LogP contribution < -0.4 is 5.32 Å². The normalized spacial score (nSPS) is 10.7. The van der Waals surface area contributed by atoms with Crippen LogP contribution in [0.15, 0.2) is 77.0 Å². The van der Waals surface area contributed by atoms with E-state index in [4.69, 9.17) is 4.74 Å². The first-order chi connectivity index (χ1) is 14.4. The third kappa shape index (κ3) is 5.75. The highest BCUT2D eigenvalue weighted by molar-refractivity contribution is 5.98. The van der Waals surface area contributed by atoms with Gasteiger partial charge in [0.2, 0.25) is 0 Å². The second-order valence-corrected chi connectivity index (χ2v) is 6.73. The van der Waals surface area contributed by atoms with E-state index >= 15 is 0 Å². The van der Waals surface area contributed by atoms with Gasteiger partial charge in [-0.3, -0.25) is 4.79 Å². The molecule has 0 radical (unpaired) electrons. The minimum atomic E-state index is -0.675. The lowest BCUT2D eigenvalue weighted by Crippen LogP contribution is -2.21. The zero-order valence-electron chi connectivity index (χ0n) is 16.6. The maximum absolute atomic E-state index is 12.4. The van der Waals surface area contributed by atoms with Gasteiger partial charge in [0.1, 0.15) is 11.4 Å². The summed E-state index contributed by atoms with van der Waals surface area (Å²) in [7, 11) is 0. The highest BCUT2D eigenvalue weighted by Gasteiger charge is 2.14. The second kappa shape index (κ2) is 9.47. The number of hydrogen-bond donors (Lipinski definition) is 2. The summed E-state index contributed by atoms with van der Waals surface area (Å²) in [4.78, 5) is 24.6. The summed E-state index contributed by atoms with van der Waals surface area (Å²) in [6, 6.07) is 18.4.